The number of nitrogens with zero attached hydrogens (tertiary/aromatic N) is 3. The Bertz CT molecular complexity index is 1090. The number of benzene rings is 1. The van der Waals surface area contributed by atoms with E-state index in [9.17, 15) is 9.50 Å². The lowest BCUT2D eigenvalue weighted by Gasteiger charge is -2.54. The molecule has 2 unspecified atom stereocenters. The van der Waals surface area contributed by atoms with Gasteiger partial charge in [-0.3, -0.25) is 9.98 Å². The fourth-order valence-corrected chi connectivity index (χ4v) is 3.98. The van der Waals surface area contributed by atoms with Crippen molar-refractivity contribution < 1.29 is 9.50 Å². The number of aromatic nitrogens is 1. The van der Waals surface area contributed by atoms with E-state index in [1.54, 1.807) is 55.4 Å². The topological polar surface area (TPSA) is 86.8 Å². The molecule has 8 heteroatoms. The summed E-state index contributed by atoms with van der Waals surface area (Å²) < 4.78 is 14.1. The predicted octanol–water partition coefficient (Wildman–Crippen LogP) is 4.74. The molecule has 1 aromatic heterocycles. The Morgan fingerprint density at radius 2 is 2.00 bits per heavy atom. The number of fused-ring (bicyclic) bond motifs is 1. The molecule has 2 atom stereocenters. The molecular weight excluding hydrogens is 428 g/mol. The van der Waals surface area contributed by atoms with Gasteiger partial charge in [-0.2, -0.15) is 0 Å². The highest BCUT2D eigenvalue weighted by Crippen LogP contribution is 2.44. The summed E-state index contributed by atoms with van der Waals surface area (Å²) in [5.74, 6) is -0.0417. The molecule has 3 rings (SSSR count). The number of hydrogen-bond acceptors (Lipinski definition) is 5. The summed E-state index contributed by atoms with van der Waals surface area (Å²) in [6.45, 7) is 13.7. The number of para-hydroxylation sites is 1. The van der Waals surface area contributed by atoms with Crippen LogP contribution >= 0.6 is 0 Å². The molecule has 1 aliphatic heterocycles. The van der Waals surface area contributed by atoms with Gasteiger partial charge in [0.1, 0.15) is 19.5 Å². The van der Waals surface area contributed by atoms with Gasteiger partial charge >= 0.3 is 0 Å². The van der Waals surface area contributed by atoms with Crippen molar-refractivity contribution in [2.24, 2.45) is 10.7 Å². The second-order valence-corrected chi connectivity index (χ2v) is 8.84. The first-order chi connectivity index (χ1) is 15.9. The van der Waals surface area contributed by atoms with Crippen LogP contribution in [-0.2, 0) is 12.1 Å². The molecule has 0 amide bonds. The number of allylic oxidation sites excluding steroid dienone is 1. The number of anilines is 2. The van der Waals surface area contributed by atoms with Crippen LogP contribution in [0.25, 0.3) is 0 Å². The third kappa shape index (κ3) is 5.86. The largest absolute Gasteiger partial charge is 0.384 e. The van der Waals surface area contributed by atoms with Gasteiger partial charge in [0, 0.05) is 35.9 Å². The van der Waals surface area contributed by atoms with Gasteiger partial charge < -0.3 is 21.1 Å². The van der Waals surface area contributed by atoms with Gasteiger partial charge in [-0.05, 0) is 50.6 Å². The van der Waals surface area contributed by atoms with E-state index >= 15 is 0 Å². The summed E-state index contributed by atoms with van der Waals surface area (Å²) in [6, 6.07) is 8.11. The molecule has 34 heavy (non-hydrogen) atoms. The highest BCUT2D eigenvalue weighted by molar-refractivity contribution is 6.15. The summed E-state index contributed by atoms with van der Waals surface area (Å²) in [4.78, 5) is 10.1. The van der Waals surface area contributed by atoms with E-state index in [0.29, 0.717) is 40.6 Å². The molecule has 1 aromatic carbocycles. The first kappa shape index (κ1) is 27.1. The van der Waals surface area contributed by atoms with E-state index < -0.39 is 11.2 Å². The number of pyridine rings is 1. The van der Waals surface area contributed by atoms with Crippen molar-refractivity contribution in [2.75, 3.05) is 12.4 Å². The van der Waals surface area contributed by atoms with E-state index in [0.717, 1.165) is 5.57 Å². The van der Waals surface area contributed by atoms with Crippen molar-refractivity contribution >= 4 is 25.1 Å². The summed E-state index contributed by atoms with van der Waals surface area (Å²) in [7, 11) is 8.20. The molecule has 6 nitrogen and oxygen atoms in total. The van der Waals surface area contributed by atoms with Gasteiger partial charge in [-0.25, -0.2) is 4.39 Å². The van der Waals surface area contributed by atoms with E-state index in [1.807, 2.05) is 13.8 Å². The SMILES string of the molecule is CCC.[B]C1(C)Cc2ncc(Nc3ccccc3F)cc2C(C)(O)N1C(=C)/C(C)=C\C(N)=NC. The average molecular weight is 463 g/mol. The maximum Gasteiger partial charge on any atom is 0.163 e. The predicted molar refractivity (Wildman–Crippen MR) is 140 cm³/mol. The number of aliphatic hydroxyl groups is 1. The Labute approximate surface area is 203 Å². The number of rotatable bonds is 5. The first-order valence-corrected chi connectivity index (χ1v) is 11.3. The van der Waals surface area contributed by atoms with Crippen molar-refractivity contribution in [3.05, 3.63) is 77.5 Å². The van der Waals surface area contributed by atoms with E-state index in [1.165, 1.54) is 12.5 Å². The van der Waals surface area contributed by atoms with Gasteiger partial charge in [0.05, 0.1) is 17.6 Å². The molecule has 0 aliphatic carbocycles. The molecule has 0 saturated carbocycles. The van der Waals surface area contributed by atoms with Gasteiger partial charge in [0.25, 0.3) is 0 Å². The Balaban J connectivity index is 0.00000129. The van der Waals surface area contributed by atoms with Gasteiger partial charge in [-0.1, -0.05) is 39.0 Å². The van der Waals surface area contributed by atoms with Gasteiger partial charge in [-0.15, -0.1) is 0 Å². The maximum atomic E-state index is 14.1. The van der Waals surface area contributed by atoms with Crippen molar-refractivity contribution in [2.45, 2.75) is 58.6 Å². The third-order valence-electron chi connectivity index (χ3n) is 5.45. The molecule has 2 radical (unpaired) electrons. The quantitative estimate of drug-likeness (QED) is 0.258. The lowest BCUT2D eigenvalue weighted by Crippen LogP contribution is -2.61. The zero-order valence-corrected chi connectivity index (χ0v) is 21.0. The molecular formula is C26H35BFN5O. The van der Waals surface area contributed by atoms with Crippen LogP contribution in [0.1, 0.15) is 52.3 Å². The molecule has 2 heterocycles. The van der Waals surface area contributed by atoms with Crippen LogP contribution in [0.2, 0.25) is 0 Å². The molecule has 1 aliphatic rings. The number of hydrogen-bond donors (Lipinski definition) is 3. The van der Waals surface area contributed by atoms with Crippen LogP contribution in [0.4, 0.5) is 15.8 Å². The fraction of sp³-hybridized carbons (Fsp3) is 0.385. The zero-order chi connectivity index (χ0) is 25.7. The number of nitrogens with two attached hydrogens (primary N) is 1. The van der Waals surface area contributed by atoms with Crippen LogP contribution in [0, 0.1) is 5.82 Å². The van der Waals surface area contributed by atoms with Crippen molar-refractivity contribution in [3.63, 3.8) is 0 Å². The van der Waals surface area contributed by atoms with Gasteiger partial charge in [0.2, 0.25) is 0 Å². The minimum absolute atomic E-state index is 0.317. The van der Waals surface area contributed by atoms with Crippen LogP contribution < -0.4 is 11.1 Å². The molecule has 2 aromatic rings. The summed E-state index contributed by atoms with van der Waals surface area (Å²) in [5.41, 5.74) is 6.66. The monoisotopic (exact) mass is 463 g/mol. The third-order valence-corrected chi connectivity index (χ3v) is 5.45. The fourth-order valence-electron chi connectivity index (χ4n) is 3.98. The van der Waals surface area contributed by atoms with E-state index in [2.05, 4.69) is 35.7 Å². The molecule has 0 spiro atoms. The Morgan fingerprint density at radius 3 is 2.59 bits per heavy atom. The van der Waals surface area contributed by atoms with Crippen molar-refractivity contribution in [1.29, 1.82) is 0 Å². The number of halogens is 1. The summed E-state index contributed by atoms with van der Waals surface area (Å²) >= 11 is 0. The van der Waals surface area contributed by atoms with E-state index in [-0.39, 0.29) is 5.82 Å². The van der Waals surface area contributed by atoms with Crippen molar-refractivity contribution in [1.82, 2.24) is 9.88 Å². The molecule has 180 valence electrons. The summed E-state index contributed by atoms with van der Waals surface area (Å²) in [5, 5.41) is 14.6. The lowest BCUT2D eigenvalue weighted by atomic mass is 9.68. The Kier molecular flexibility index (Phi) is 8.67. The van der Waals surface area contributed by atoms with Crippen LogP contribution in [-0.4, -0.2) is 41.2 Å². The Morgan fingerprint density at radius 1 is 1.38 bits per heavy atom. The smallest absolute Gasteiger partial charge is 0.163 e. The number of aliphatic imine (C=N–C) groups is 1. The minimum Gasteiger partial charge on any atom is -0.384 e. The highest BCUT2D eigenvalue weighted by atomic mass is 19.1. The first-order valence-electron chi connectivity index (χ1n) is 11.3. The molecule has 4 N–H and O–H groups in total. The second kappa shape index (κ2) is 10.9. The minimum atomic E-state index is -1.53. The summed E-state index contributed by atoms with van der Waals surface area (Å²) in [6.07, 6.45) is 4.91. The normalized spacial score (nSPS) is 22.4. The number of amidine groups is 1. The lowest BCUT2D eigenvalue weighted by molar-refractivity contribution is -0.117. The maximum absolute atomic E-state index is 14.1. The van der Waals surface area contributed by atoms with Crippen molar-refractivity contribution in [3.8, 4) is 0 Å². The number of nitrogens with one attached hydrogen (secondary N) is 1. The average Bonchev–Trinajstić information content (AvgIpc) is 2.75. The van der Waals surface area contributed by atoms with Crippen LogP contribution in [0.3, 0.4) is 0 Å². The highest BCUT2D eigenvalue weighted by Gasteiger charge is 2.47. The van der Waals surface area contributed by atoms with E-state index in [4.69, 9.17) is 13.6 Å². The van der Waals surface area contributed by atoms with Crippen LogP contribution in [0.5, 0.6) is 0 Å². The molecule has 0 saturated heterocycles. The standard InChI is InChI=1S/C23H27BFN5O.C3H8/c1-14(10-21(26)27-5)15(2)30-22(3,24)12-20-17(23(30,4)31)11-16(13-28-20)29-19-9-7-6-8-18(19)25;1-3-2/h6-11,13,29,31H,2,12H2,1,3-5H3,(H2,26,27);3H2,1-2H3/b14-10-;. The Hall–Kier alpha value is -3.13. The molecule has 0 bridgehead atoms. The van der Waals surface area contributed by atoms with Gasteiger partial charge in [0.15, 0.2) is 5.72 Å². The zero-order valence-electron chi connectivity index (χ0n) is 21.0. The molecule has 0 fully saturated rings. The second-order valence-electron chi connectivity index (χ2n) is 8.84. The van der Waals surface area contributed by atoms with Crippen LogP contribution in [0.15, 0.2) is 65.4 Å².